The van der Waals surface area contributed by atoms with E-state index < -0.39 is 0 Å². The van der Waals surface area contributed by atoms with Gasteiger partial charge in [0.05, 0.1) is 0 Å². The Balaban J connectivity index is 2.54. The van der Waals surface area contributed by atoms with Crippen molar-refractivity contribution in [1.29, 1.82) is 5.41 Å². The Morgan fingerprint density at radius 2 is 1.65 bits per heavy atom. The van der Waals surface area contributed by atoms with Crippen LogP contribution in [-0.2, 0) is 0 Å². The summed E-state index contributed by atoms with van der Waals surface area (Å²) in [5, 5.41) is 7.48. The van der Waals surface area contributed by atoms with Gasteiger partial charge in [-0.2, -0.15) is 0 Å². The molecule has 2 aromatic rings. The van der Waals surface area contributed by atoms with Gasteiger partial charge in [-0.25, -0.2) is 0 Å². The molecule has 0 fully saturated rings. The number of hydrogen-bond acceptors (Lipinski definition) is 1. The molecule has 0 atom stereocenters. The van der Waals surface area contributed by atoms with E-state index in [1.165, 1.54) is 11.1 Å². The second-order valence-electron chi connectivity index (χ2n) is 4.31. The third-order valence-electron chi connectivity index (χ3n) is 2.91. The van der Waals surface area contributed by atoms with Gasteiger partial charge in [-0.05, 0) is 36.6 Å². The molecule has 2 aromatic carbocycles. The highest BCUT2D eigenvalue weighted by molar-refractivity contribution is 5.96. The fourth-order valence-electron chi connectivity index (χ4n) is 1.83. The number of nitrogen functional groups attached to an aromatic ring is 1. The van der Waals surface area contributed by atoms with Gasteiger partial charge in [0, 0.05) is 5.56 Å². The van der Waals surface area contributed by atoms with Gasteiger partial charge in [-0.1, -0.05) is 42.0 Å². The van der Waals surface area contributed by atoms with Crippen LogP contribution in [0.2, 0.25) is 0 Å². The molecule has 0 amide bonds. The quantitative estimate of drug-likeness (QED) is 0.597. The lowest BCUT2D eigenvalue weighted by atomic mass is 9.97. The summed E-state index contributed by atoms with van der Waals surface area (Å²) in [7, 11) is 0. The van der Waals surface area contributed by atoms with Crippen LogP contribution in [-0.4, -0.2) is 5.84 Å². The standard InChI is InChI=1S/C15H16N2/c1-10-3-6-12(7-4-10)14-9-13(15(16)17)8-5-11(14)2/h3-9H,1-2H3,(H3,16,17). The molecule has 0 aliphatic rings. The highest BCUT2D eigenvalue weighted by Crippen LogP contribution is 2.24. The number of rotatable bonds is 2. The minimum atomic E-state index is 0.110. The van der Waals surface area contributed by atoms with Crippen LogP contribution in [0, 0.1) is 19.3 Å². The molecule has 3 N–H and O–H groups in total. The first-order chi connectivity index (χ1) is 8.08. The summed E-state index contributed by atoms with van der Waals surface area (Å²) in [6.45, 7) is 4.14. The Kier molecular flexibility index (Phi) is 2.96. The fraction of sp³-hybridized carbons (Fsp3) is 0.133. The first kappa shape index (κ1) is 11.4. The molecule has 0 aliphatic heterocycles. The largest absolute Gasteiger partial charge is 0.384 e. The third-order valence-corrected chi connectivity index (χ3v) is 2.91. The van der Waals surface area contributed by atoms with E-state index in [2.05, 4.69) is 38.1 Å². The van der Waals surface area contributed by atoms with E-state index in [9.17, 15) is 0 Å². The SMILES string of the molecule is Cc1ccc(-c2cc(C(=N)N)ccc2C)cc1. The van der Waals surface area contributed by atoms with Crippen molar-refractivity contribution in [2.75, 3.05) is 0 Å². The topological polar surface area (TPSA) is 49.9 Å². The Bertz CT molecular complexity index is 554. The minimum Gasteiger partial charge on any atom is -0.384 e. The van der Waals surface area contributed by atoms with Crippen molar-refractivity contribution in [1.82, 2.24) is 0 Å². The van der Waals surface area contributed by atoms with Crippen LogP contribution in [0.4, 0.5) is 0 Å². The second kappa shape index (κ2) is 4.42. The first-order valence-corrected chi connectivity index (χ1v) is 5.60. The number of benzene rings is 2. The van der Waals surface area contributed by atoms with Gasteiger partial charge in [0.15, 0.2) is 0 Å². The summed E-state index contributed by atoms with van der Waals surface area (Å²) in [5.41, 5.74) is 11.0. The van der Waals surface area contributed by atoms with Crippen LogP contribution < -0.4 is 5.73 Å². The van der Waals surface area contributed by atoms with Crippen molar-refractivity contribution >= 4 is 5.84 Å². The van der Waals surface area contributed by atoms with E-state index in [1.54, 1.807) is 0 Å². The summed E-state index contributed by atoms with van der Waals surface area (Å²) in [6, 6.07) is 14.2. The predicted octanol–water partition coefficient (Wildman–Crippen LogP) is 3.25. The Morgan fingerprint density at radius 1 is 1.00 bits per heavy atom. The molecule has 2 rings (SSSR count). The summed E-state index contributed by atoms with van der Waals surface area (Å²) >= 11 is 0. The van der Waals surface area contributed by atoms with E-state index in [4.69, 9.17) is 11.1 Å². The molecule has 2 heteroatoms. The van der Waals surface area contributed by atoms with Crippen LogP contribution in [0.3, 0.4) is 0 Å². The van der Waals surface area contributed by atoms with Crippen molar-refractivity contribution in [3.05, 3.63) is 59.2 Å². The average Bonchev–Trinajstić information content (AvgIpc) is 2.31. The van der Waals surface area contributed by atoms with E-state index in [1.807, 2.05) is 18.2 Å². The maximum absolute atomic E-state index is 7.48. The Labute approximate surface area is 102 Å². The van der Waals surface area contributed by atoms with Crippen molar-refractivity contribution < 1.29 is 0 Å². The molecule has 0 saturated heterocycles. The summed E-state index contributed by atoms with van der Waals surface area (Å²) < 4.78 is 0. The molecule has 0 heterocycles. The Hall–Kier alpha value is -2.09. The Morgan fingerprint density at radius 3 is 2.24 bits per heavy atom. The summed E-state index contributed by atoms with van der Waals surface area (Å²) in [6.07, 6.45) is 0. The third kappa shape index (κ3) is 2.36. The highest BCUT2D eigenvalue weighted by atomic mass is 14.7. The number of aryl methyl sites for hydroxylation is 2. The molecule has 0 spiro atoms. The van der Waals surface area contributed by atoms with Crippen molar-refractivity contribution in [3.8, 4) is 11.1 Å². The molecule has 0 aliphatic carbocycles. The second-order valence-corrected chi connectivity index (χ2v) is 4.31. The van der Waals surface area contributed by atoms with E-state index >= 15 is 0 Å². The van der Waals surface area contributed by atoms with Crippen LogP contribution in [0.25, 0.3) is 11.1 Å². The normalized spacial score (nSPS) is 10.2. The molecular weight excluding hydrogens is 208 g/mol. The maximum Gasteiger partial charge on any atom is 0.122 e. The number of nitrogens with two attached hydrogens (primary N) is 1. The monoisotopic (exact) mass is 224 g/mol. The fourth-order valence-corrected chi connectivity index (χ4v) is 1.83. The number of amidine groups is 1. The number of hydrogen-bond donors (Lipinski definition) is 2. The molecule has 2 nitrogen and oxygen atoms in total. The summed E-state index contributed by atoms with van der Waals surface area (Å²) in [5.74, 6) is 0.110. The van der Waals surface area contributed by atoms with Crippen molar-refractivity contribution in [2.24, 2.45) is 5.73 Å². The smallest absolute Gasteiger partial charge is 0.122 e. The lowest BCUT2D eigenvalue weighted by Gasteiger charge is -2.09. The number of nitrogens with one attached hydrogen (secondary N) is 1. The molecule has 0 unspecified atom stereocenters. The molecule has 17 heavy (non-hydrogen) atoms. The van der Waals surface area contributed by atoms with E-state index in [-0.39, 0.29) is 5.84 Å². The lowest BCUT2D eigenvalue weighted by Crippen LogP contribution is -2.11. The zero-order chi connectivity index (χ0) is 12.4. The predicted molar refractivity (Wildman–Crippen MR) is 72.4 cm³/mol. The zero-order valence-corrected chi connectivity index (χ0v) is 10.1. The molecule has 0 radical (unpaired) electrons. The lowest BCUT2D eigenvalue weighted by molar-refractivity contribution is 1.39. The van der Waals surface area contributed by atoms with Gasteiger partial charge in [-0.15, -0.1) is 0 Å². The van der Waals surface area contributed by atoms with Crippen molar-refractivity contribution in [3.63, 3.8) is 0 Å². The van der Waals surface area contributed by atoms with Gasteiger partial charge in [0.2, 0.25) is 0 Å². The van der Waals surface area contributed by atoms with E-state index in [0.717, 1.165) is 16.7 Å². The molecule has 0 bridgehead atoms. The van der Waals surface area contributed by atoms with Gasteiger partial charge in [0.1, 0.15) is 5.84 Å². The van der Waals surface area contributed by atoms with Gasteiger partial charge in [0.25, 0.3) is 0 Å². The molecule has 0 saturated carbocycles. The zero-order valence-electron chi connectivity index (χ0n) is 10.1. The van der Waals surface area contributed by atoms with Crippen LogP contribution >= 0.6 is 0 Å². The highest BCUT2D eigenvalue weighted by Gasteiger charge is 2.04. The van der Waals surface area contributed by atoms with Gasteiger partial charge >= 0.3 is 0 Å². The van der Waals surface area contributed by atoms with Crippen LogP contribution in [0.1, 0.15) is 16.7 Å². The molecular formula is C15H16N2. The van der Waals surface area contributed by atoms with Gasteiger partial charge in [-0.3, -0.25) is 5.41 Å². The van der Waals surface area contributed by atoms with Crippen molar-refractivity contribution in [2.45, 2.75) is 13.8 Å². The molecule has 86 valence electrons. The van der Waals surface area contributed by atoms with Crippen LogP contribution in [0.5, 0.6) is 0 Å². The average molecular weight is 224 g/mol. The first-order valence-electron chi connectivity index (χ1n) is 5.60. The van der Waals surface area contributed by atoms with Crippen LogP contribution in [0.15, 0.2) is 42.5 Å². The minimum absolute atomic E-state index is 0.110. The van der Waals surface area contributed by atoms with Gasteiger partial charge < -0.3 is 5.73 Å². The maximum atomic E-state index is 7.48. The summed E-state index contributed by atoms with van der Waals surface area (Å²) in [4.78, 5) is 0. The molecule has 0 aromatic heterocycles. The van der Waals surface area contributed by atoms with E-state index in [0.29, 0.717) is 0 Å².